The summed E-state index contributed by atoms with van der Waals surface area (Å²) in [6.45, 7) is -0.252. The smallest absolute Gasteiger partial charge is 0.258 e. The Balaban J connectivity index is 1.76. The highest BCUT2D eigenvalue weighted by Crippen LogP contribution is 2.36. The maximum absolute atomic E-state index is 12.6. The first-order chi connectivity index (χ1) is 14.1. The average Bonchev–Trinajstić information content (AvgIpc) is 2.77. The second kappa shape index (κ2) is 9.63. The van der Waals surface area contributed by atoms with Gasteiger partial charge in [-0.2, -0.15) is 5.26 Å². The van der Waals surface area contributed by atoms with E-state index < -0.39 is 0 Å². The summed E-state index contributed by atoms with van der Waals surface area (Å²) in [6.07, 6.45) is 0. The minimum absolute atomic E-state index is 0.205. The molecule has 5 nitrogen and oxygen atoms in total. The molecule has 0 fully saturated rings. The Morgan fingerprint density at radius 2 is 1.66 bits per heavy atom. The number of hydrogen-bond acceptors (Lipinski definition) is 4. The number of amides is 1. The van der Waals surface area contributed by atoms with Crippen LogP contribution in [0, 0.1) is 11.3 Å². The van der Waals surface area contributed by atoms with Crippen molar-refractivity contribution in [2.24, 2.45) is 0 Å². The molecular weight excluding hydrogens is 388 g/mol. The Labute approximate surface area is 174 Å². The Bertz CT molecular complexity index is 978. The lowest BCUT2D eigenvalue weighted by Gasteiger charge is -2.20. The number of nitrogens with one attached hydrogen (secondary N) is 1. The van der Waals surface area contributed by atoms with Crippen LogP contribution in [0.4, 0.5) is 0 Å². The van der Waals surface area contributed by atoms with Crippen LogP contribution >= 0.6 is 11.6 Å². The van der Waals surface area contributed by atoms with Crippen molar-refractivity contribution in [2.45, 2.75) is 6.04 Å². The van der Waals surface area contributed by atoms with E-state index >= 15 is 0 Å². The fraction of sp³-hybridized carbons (Fsp3) is 0.130. The number of benzene rings is 3. The van der Waals surface area contributed by atoms with E-state index in [9.17, 15) is 4.79 Å². The van der Waals surface area contributed by atoms with Gasteiger partial charge in [-0.15, -0.1) is 0 Å². The monoisotopic (exact) mass is 406 g/mol. The lowest BCUT2D eigenvalue weighted by atomic mass is 9.99. The number of ether oxygens (including phenoxy) is 2. The molecule has 0 aliphatic rings. The molecule has 0 unspecified atom stereocenters. The molecule has 3 aromatic rings. The molecule has 0 heterocycles. The largest absolute Gasteiger partial charge is 0.493 e. The number of methoxy groups -OCH3 is 1. The number of hydrogen-bond donors (Lipinski definition) is 1. The van der Waals surface area contributed by atoms with E-state index in [0.29, 0.717) is 11.3 Å². The standard InChI is InChI=1S/C23H19ClN2O3/c1-28-20-13-16(14-25)12-19(24)23(20)29-15-21(27)26-22(17-8-4-2-5-9-17)18-10-6-3-7-11-18/h2-13,22H,15H2,1H3,(H,26,27). The first-order valence-electron chi connectivity index (χ1n) is 8.92. The molecule has 0 saturated heterocycles. The molecule has 0 bridgehead atoms. The molecule has 0 atom stereocenters. The minimum Gasteiger partial charge on any atom is -0.493 e. The summed E-state index contributed by atoms with van der Waals surface area (Å²) in [4.78, 5) is 12.6. The van der Waals surface area contributed by atoms with Crippen molar-refractivity contribution in [3.63, 3.8) is 0 Å². The van der Waals surface area contributed by atoms with Crippen LogP contribution in [0.25, 0.3) is 0 Å². The average molecular weight is 407 g/mol. The van der Waals surface area contributed by atoms with Crippen LogP contribution in [0.1, 0.15) is 22.7 Å². The molecule has 0 aliphatic carbocycles. The minimum atomic E-state index is -0.315. The lowest BCUT2D eigenvalue weighted by Crippen LogP contribution is -2.33. The van der Waals surface area contributed by atoms with E-state index in [4.69, 9.17) is 26.3 Å². The molecule has 1 N–H and O–H groups in total. The molecule has 3 rings (SSSR count). The van der Waals surface area contributed by atoms with Gasteiger partial charge in [-0.1, -0.05) is 72.3 Å². The van der Waals surface area contributed by atoms with E-state index in [1.807, 2.05) is 66.7 Å². The Kier molecular flexibility index (Phi) is 6.72. The zero-order valence-corrected chi connectivity index (χ0v) is 16.5. The van der Waals surface area contributed by atoms with E-state index in [-0.39, 0.29) is 29.3 Å². The van der Waals surface area contributed by atoms with Crippen molar-refractivity contribution in [1.29, 1.82) is 5.26 Å². The van der Waals surface area contributed by atoms with Gasteiger partial charge in [0.05, 0.1) is 29.8 Å². The zero-order valence-electron chi connectivity index (χ0n) is 15.8. The van der Waals surface area contributed by atoms with Crippen LogP contribution in [-0.2, 0) is 4.79 Å². The summed E-state index contributed by atoms with van der Waals surface area (Å²) < 4.78 is 10.8. The highest BCUT2D eigenvalue weighted by Gasteiger charge is 2.18. The molecule has 6 heteroatoms. The highest BCUT2D eigenvalue weighted by atomic mass is 35.5. The Hall–Kier alpha value is -3.49. The van der Waals surface area contributed by atoms with Crippen LogP contribution in [0.2, 0.25) is 5.02 Å². The third kappa shape index (κ3) is 5.07. The summed E-state index contributed by atoms with van der Waals surface area (Å²) in [6, 6.07) is 24.0. The summed E-state index contributed by atoms with van der Waals surface area (Å²) >= 11 is 6.19. The predicted molar refractivity (Wildman–Crippen MR) is 111 cm³/mol. The zero-order chi connectivity index (χ0) is 20.6. The van der Waals surface area contributed by atoms with Crippen LogP contribution in [-0.4, -0.2) is 19.6 Å². The van der Waals surface area contributed by atoms with Gasteiger partial charge in [0, 0.05) is 6.07 Å². The van der Waals surface area contributed by atoms with Gasteiger partial charge in [0.25, 0.3) is 5.91 Å². The van der Waals surface area contributed by atoms with Crippen LogP contribution in [0.5, 0.6) is 11.5 Å². The van der Waals surface area contributed by atoms with E-state index in [0.717, 1.165) is 11.1 Å². The third-order valence-electron chi connectivity index (χ3n) is 4.28. The second-order valence-corrected chi connectivity index (χ2v) is 6.62. The normalized spacial score (nSPS) is 10.3. The molecule has 0 spiro atoms. The molecule has 3 aromatic carbocycles. The van der Waals surface area contributed by atoms with Gasteiger partial charge in [0.1, 0.15) is 0 Å². The SMILES string of the molecule is COc1cc(C#N)cc(Cl)c1OCC(=O)NC(c1ccccc1)c1ccccc1. The number of halogens is 1. The number of nitriles is 1. The second-order valence-electron chi connectivity index (χ2n) is 6.21. The molecular formula is C23H19ClN2O3. The van der Waals surface area contributed by atoms with Crippen molar-refractivity contribution in [1.82, 2.24) is 5.32 Å². The van der Waals surface area contributed by atoms with Gasteiger partial charge in [0.2, 0.25) is 0 Å². The highest BCUT2D eigenvalue weighted by molar-refractivity contribution is 6.32. The summed E-state index contributed by atoms with van der Waals surface area (Å²) in [5, 5.41) is 12.2. The summed E-state index contributed by atoms with van der Waals surface area (Å²) in [5.74, 6) is 0.203. The molecule has 0 radical (unpaired) electrons. The molecule has 0 aromatic heterocycles. The summed E-state index contributed by atoms with van der Waals surface area (Å²) in [5.41, 5.74) is 2.26. The molecule has 0 aliphatic heterocycles. The topological polar surface area (TPSA) is 71.3 Å². The van der Waals surface area contributed by atoms with Crippen LogP contribution < -0.4 is 14.8 Å². The van der Waals surface area contributed by atoms with Gasteiger partial charge >= 0.3 is 0 Å². The number of carbonyl (C=O) groups excluding carboxylic acids is 1. The fourth-order valence-corrected chi connectivity index (χ4v) is 3.18. The van der Waals surface area contributed by atoms with Gasteiger partial charge in [0.15, 0.2) is 18.1 Å². The van der Waals surface area contributed by atoms with E-state index in [1.54, 1.807) is 0 Å². The first-order valence-corrected chi connectivity index (χ1v) is 9.30. The fourth-order valence-electron chi connectivity index (χ4n) is 2.91. The van der Waals surface area contributed by atoms with Crippen LogP contribution in [0.3, 0.4) is 0 Å². The number of nitrogens with zero attached hydrogens (tertiary/aromatic N) is 1. The number of rotatable bonds is 7. The molecule has 29 heavy (non-hydrogen) atoms. The van der Waals surface area contributed by atoms with E-state index in [2.05, 4.69) is 5.32 Å². The predicted octanol–water partition coefficient (Wildman–Crippen LogP) is 4.50. The molecule has 146 valence electrons. The van der Waals surface area contributed by atoms with Crippen molar-refractivity contribution in [3.05, 3.63) is 94.5 Å². The van der Waals surface area contributed by atoms with Gasteiger partial charge < -0.3 is 14.8 Å². The van der Waals surface area contributed by atoms with Crippen molar-refractivity contribution in [3.8, 4) is 17.6 Å². The third-order valence-corrected chi connectivity index (χ3v) is 4.56. The maximum Gasteiger partial charge on any atom is 0.258 e. The molecule has 1 amide bonds. The van der Waals surface area contributed by atoms with Gasteiger partial charge in [-0.25, -0.2) is 0 Å². The lowest BCUT2D eigenvalue weighted by molar-refractivity contribution is -0.123. The van der Waals surface area contributed by atoms with E-state index in [1.165, 1.54) is 19.2 Å². The van der Waals surface area contributed by atoms with Crippen molar-refractivity contribution < 1.29 is 14.3 Å². The quantitative estimate of drug-likeness (QED) is 0.626. The van der Waals surface area contributed by atoms with Gasteiger partial charge in [-0.05, 0) is 17.2 Å². The van der Waals surface area contributed by atoms with Gasteiger partial charge in [-0.3, -0.25) is 4.79 Å². The first kappa shape index (κ1) is 20.2. The summed E-state index contributed by atoms with van der Waals surface area (Å²) in [7, 11) is 1.45. The maximum atomic E-state index is 12.6. The number of carbonyl (C=O) groups is 1. The molecule has 0 saturated carbocycles. The van der Waals surface area contributed by atoms with Crippen LogP contribution in [0.15, 0.2) is 72.8 Å². The van der Waals surface area contributed by atoms with Crippen molar-refractivity contribution >= 4 is 17.5 Å². The van der Waals surface area contributed by atoms with Crippen molar-refractivity contribution in [2.75, 3.05) is 13.7 Å². The Morgan fingerprint density at radius 3 is 2.17 bits per heavy atom. The Morgan fingerprint density at radius 1 is 1.07 bits per heavy atom.